The van der Waals surface area contributed by atoms with Crippen molar-refractivity contribution < 1.29 is 14.3 Å². The molecule has 1 aliphatic heterocycles. The fourth-order valence-electron chi connectivity index (χ4n) is 3.50. The molecule has 162 valence electrons. The summed E-state index contributed by atoms with van der Waals surface area (Å²) >= 11 is 1.66. The molecule has 0 aliphatic carbocycles. The summed E-state index contributed by atoms with van der Waals surface area (Å²) in [6.45, 7) is 6.02. The van der Waals surface area contributed by atoms with Crippen molar-refractivity contribution in [3.05, 3.63) is 65.2 Å². The standard InChI is InChI=1S/C24H27N3O3S/c1-18-3-7-22(8-4-18)30-16-23(28)27-13-11-26(12-14-27)15-20-17-31-24(25-20)19-5-9-21(29-2)10-6-19/h3-10,17H,11-16H2,1-2H3. The minimum absolute atomic E-state index is 0.0377. The van der Waals surface area contributed by atoms with Gasteiger partial charge >= 0.3 is 0 Å². The van der Waals surface area contributed by atoms with E-state index in [1.807, 2.05) is 60.4 Å². The zero-order valence-corrected chi connectivity index (χ0v) is 18.7. The molecule has 1 aromatic heterocycles. The van der Waals surface area contributed by atoms with Crippen LogP contribution in [0.2, 0.25) is 0 Å². The number of ether oxygens (including phenoxy) is 2. The van der Waals surface area contributed by atoms with Crippen LogP contribution in [0.1, 0.15) is 11.3 Å². The highest BCUT2D eigenvalue weighted by molar-refractivity contribution is 7.13. The van der Waals surface area contributed by atoms with Crippen molar-refractivity contribution in [2.24, 2.45) is 0 Å². The minimum atomic E-state index is 0.0377. The molecule has 31 heavy (non-hydrogen) atoms. The third-order valence-corrected chi connectivity index (χ3v) is 6.32. The zero-order chi connectivity index (χ0) is 21.6. The monoisotopic (exact) mass is 437 g/mol. The Morgan fingerprint density at radius 2 is 1.68 bits per heavy atom. The number of benzene rings is 2. The minimum Gasteiger partial charge on any atom is -0.497 e. The maximum Gasteiger partial charge on any atom is 0.260 e. The Hall–Kier alpha value is -2.90. The summed E-state index contributed by atoms with van der Waals surface area (Å²) in [4.78, 5) is 21.5. The van der Waals surface area contributed by atoms with Crippen molar-refractivity contribution in [2.75, 3.05) is 39.9 Å². The lowest BCUT2D eigenvalue weighted by Gasteiger charge is -2.34. The van der Waals surface area contributed by atoms with E-state index in [4.69, 9.17) is 14.5 Å². The Kier molecular flexibility index (Phi) is 6.84. The zero-order valence-electron chi connectivity index (χ0n) is 17.9. The molecule has 3 aromatic rings. The van der Waals surface area contributed by atoms with Gasteiger partial charge in [-0.25, -0.2) is 4.98 Å². The maximum absolute atomic E-state index is 12.5. The molecule has 0 saturated carbocycles. The first-order chi connectivity index (χ1) is 15.1. The summed E-state index contributed by atoms with van der Waals surface area (Å²) < 4.78 is 10.9. The molecular formula is C24H27N3O3S. The van der Waals surface area contributed by atoms with E-state index in [9.17, 15) is 4.79 Å². The third kappa shape index (κ3) is 5.62. The number of hydrogen-bond donors (Lipinski definition) is 0. The van der Waals surface area contributed by atoms with Crippen LogP contribution in [-0.4, -0.2) is 60.6 Å². The number of aryl methyl sites for hydroxylation is 1. The number of thiazole rings is 1. The van der Waals surface area contributed by atoms with Gasteiger partial charge in [0.25, 0.3) is 5.91 Å². The number of rotatable bonds is 7. The van der Waals surface area contributed by atoms with E-state index < -0.39 is 0 Å². The Morgan fingerprint density at radius 1 is 1.00 bits per heavy atom. The molecule has 0 atom stereocenters. The number of carbonyl (C=O) groups is 1. The molecule has 0 unspecified atom stereocenters. The number of piperazine rings is 1. The average Bonchev–Trinajstić information content (AvgIpc) is 3.27. The van der Waals surface area contributed by atoms with E-state index in [-0.39, 0.29) is 12.5 Å². The van der Waals surface area contributed by atoms with Crippen LogP contribution in [0.5, 0.6) is 11.5 Å². The smallest absolute Gasteiger partial charge is 0.260 e. The molecule has 1 aliphatic rings. The van der Waals surface area contributed by atoms with E-state index in [0.29, 0.717) is 13.1 Å². The van der Waals surface area contributed by atoms with Gasteiger partial charge in [0.15, 0.2) is 6.61 Å². The van der Waals surface area contributed by atoms with Crippen molar-refractivity contribution in [2.45, 2.75) is 13.5 Å². The lowest BCUT2D eigenvalue weighted by atomic mass is 10.2. The van der Waals surface area contributed by atoms with Crippen LogP contribution in [0.15, 0.2) is 53.9 Å². The second-order valence-electron chi connectivity index (χ2n) is 7.63. The largest absolute Gasteiger partial charge is 0.497 e. The van der Waals surface area contributed by atoms with Gasteiger partial charge in [0, 0.05) is 43.7 Å². The molecular weight excluding hydrogens is 410 g/mol. The number of methoxy groups -OCH3 is 1. The predicted molar refractivity (Wildman–Crippen MR) is 123 cm³/mol. The van der Waals surface area contributed by atoms with Crippen LogP contribution in [0, 0.1) is 6.92 Å². The Bertz CT molecular complexity index is 994. The van der Waals surface area contributed by atoms with Crippen molar-refractivity contribution in [3.8, 4) is 22.1 Å². The van der Waals surface area contributed by atoms with Crippen LogP contribution in [0.3, 0.4) is 0 Å². The highest BCUT2D eigenvalue weighted by Crippen LogP contribution is 2.26. The number of amides is 1. The summed E-state index contributed by atoms with van der Waals surface area (Å²) in [6.07, 6.45) is 0. The van der Waals surface area contributed by atoms with E-state index in [1.54, 1.807) is 18.4 Å². The fourth-order valence-corrected chi connectivity index (χ4v) is 4.32. The molecule has 1 amide bonds. The van der Waals surface area contributed by atoms with Crippen molar-refractivity contribution in [1.29, 1.82) is 0 Å². The quantitative estimate of drug-likeness (QED) is 0.562. The van der Waals surface area contributed by atoms with E-state index in [2.05, 4.69) is 10.3 Å². The molecule has 2 heterocycles. The molecule has 0 spiro atoms. The summed E-state index contributed by atoms with van der Waals surface area (Å²) in [6, 6.07) is 15.7. The first-order valence-corrected chi connectivity index (χ1v) is 11.3. The maximum atomic E-state index is 12.5. The van der Waals surface area contributed by atoms with E-state index in [0.717, 1.165) is 47.4 Å². The highest BCUT2D eigenvalue weighted by Gasteiger charge is 2.22. The normalized spacial score (nSPS) is 14.5. The number of hydrogen-bond acceptors (Lipinski definition) is 6. The molecule has 7 heteroatoms. The van der Waals surface area contributed by atoms with Gasteiger partial charge in [-0.3, -0.25) is 9.69 Å². The van der Waals surface area contributed by atoms with Crippen LogP contribution >= 0.6 is 11.3 Å². The van der Waals surface area contributed by atoms with Gasteiger partial charge in [-0.15, -0.1) is 11.3 Å². The first kappa shape index (κ1) is 21.3. The van der Waals surface area contributed by atoms with E-state index >= 15 is 0 Å². The number of nitrogens with zero attached hydrogens (tertiary/aromatic N) is 3. The topological polar surface area (TPSA) is 54.9 Å². The molecule has 2 aromatic carbocycles. The fraction of sp³-hybridized carbons (Fsp3) is 0.333. The molecule has 4 rings (SSSR count). The molecule has 1 saturated heterocycles. The van der Waals surface area contributed by atoms with Gasteiger partial charge in [0.2, 0.25) is 0 Å². The van der Waals surface area contributed by atoms with Gasteiger partial charge in [-0.1, -0.05) is 17.7 Å². The van der Waals surface area contributed by atoms with Crippen LogP contribution < -0.4 is 9.47 Å². The highest BCUT2D eigenvalue weighted by atomic mass is 32.1. The Balaban J connectivity index is 1.24. The Labute approximate surface area is 187 Å². The summed E-state index contributed by atoms with van der Waals surface area (Å²) in [5.41, 5.74) is 3.34. The molecule has 0 bridgehead atoms. The van der Waals surface area contributed by atoms with Crippen LogP contribution in [-0.2, 0) is 11.3 Å². The van der Waals surface area contributed by atoms with Gasteiger partial charge in [-0.05, 0) is 43.3 Å². The average molecular weight is 438 g/mol. The Morgan fingerprint density at radius 3 is 2.35 bits per heavy atom. The number of aromatic nitrogens is 1. The molecule has 6 nitrogen and oxygen atoms in total. The van der Waals surface area contributed by atoms with Crippen molar-refractivity contribution in [3.63, 3.8) is 0 Å². The predicted octanol–water partition coefficient (Wildman–Crippen LogP) is 3.85. The first-order valence-electron chi connectivity index (χ1n) is 10.4. The lowest BCUT2D eigenvalue weighted by Crippen LogP contribution is -2.49. The van der Waals surface area contributed by atoms with Crippen molar-refractivity contribution in [1.82, 2.24) is 14.8 Å². The van der Waals surface area contributed by atoms with Gasteiger partial charge in [0.1, 0.15) is 16.5 Å². The summed E-state index contributed by atoms with van der Waals surface area (Å²) in [5.74, 6) is 1.61. The SMILES string of the molecule is COc1ccc(-c2nc(CN3CCN(C(=O)COc4ccc(C)cc4)CC3)cs2)cc1. The molecule has 0 N–H and O–H groups in total. The van der Waals surface area contributed by atoms with Crippen LogP contribution in [0.25, 0.3) is 10.6 Å². The van der Waals surface area contributed by atoms with Crippen LogP contribution in [0.4, 0.5) is 0 Å². The van der Waals surface area contributed by atoms with Gasteiger partial charge < -0.3 is 14.4 Å². The van der Waals surface area contributed by atoms with Gasteiger partial charge in [-0.2, -0.15) is 0 Å². The molecule has 1 fully saturated rings. The second kappa shape index (κ2) is 9.94. The summed E-state index contributed by atoms with van der Waals surface area (Å²) in [5, 5.41) is 3.13. The molecule has 0 radical (unpaired) electrons. The second-order valence-corrected chi connectivity index (χ2v) is 8.49. The van der Waals surface area contributed by atoms with Gasteiger partial charge in [0.05, 0.1) is 12.8 Å². The lowest BCUT2D eigenvalue weighted by molar-refractivity contribution is -0.135. The van der Waals surface area contributed by atoms with E-state index in [1.165, 1.54) is 5.56 Å². The van der Waals surface area contributed by atoms with Crippen molar-refractivity contribution >= 4 is 17.2 Å². The third-order valence-electron chi connectivity index (χ3n) is 5.38. The number of carbonyl (C=O) groups excluding carboxylic acids is 1. The summed E-state index contributed by atoms with van der Waals surface area (Å²) in [7, 11) is 1.67.